The smallest absolute Gasteiger partial charge is 0.305 e. The minimum absolute atomic E-state index is 0.0373. The SMILES string of the molecule is COC(=O)CCC(C)C1CCC2C3C(C)CC4C[C@H](C)CC[C@]4(C)C3C[C@H](C)[C@]12C. The summed E-state index contributed by atoms with van der Waals surface area (Å²) in [5.41, 5.74) is 1.05. The fourth-order valence-corrected chi connectivity index (χ4v) is 9.81. The van der Waals surface area contributed by atoms with Crippen LogP contribution in [-0.2, 0) is 9.53 Å². The van der Waals surface area contributed by atoms with Gasteiger partial charge in [0.1, 0.15) is 0 Å². The van der Waals surface area contributed by atoms with Gasteiger partial charge in [-0.15, -0.1) is 0 Å². The lowest BCUT2D eigenvalue weighted by atomic mass is 9.40. The van der Waals surface area contributed by atoms with E-state index in [9.17, 15) is 4.79 Å². The van der Waals surface area contributed by atoms with Gasteiger partial charge < -0.3 is 4.74 Å². The molecule has 0 bridgehead atoms. The number of rotatable bonds is 4. The molecule has 4 saturated carbocycles. The lowest BCUT2D eigenvalue weighted by molar-refractivity contribution is -0.163. The molecule has 0 amide bonds. The van der Waals surface area contributed by atoms with Gasteiger partial charge in [0.15, 0.2) is 0 Å². The molecule has 0 heterocycles. The van der Waals surface area contributed by atoms with Crippen molar-refractivity contribution < 1.29 is 9.53 Å². The van der Waals surface area contributed by atoms with Gasteiger partial charge in [-0.3, -0.25) is 4.79 Å². The Labute approximate surface area is 186 Å². The van der Waals surface area contributed by atoms with Crippen LogP contribution in [0.2, 0.25) is 0 Å². The number of methoxy groups -OCH3 is 1. The maximum absolute atomic E-state index is 11.8. The van der Waals surface area contributed by atoms with Gasteiger partial charge in [0.2, 0.25) is 0 Å². The third kappa shape index (κ3) is 3.38. The predicted molar refractivity (Wildman–Crippen MR) is 124 cm³/mol. The number of carbonyl (C=O) groups excluding carboxylic acids is 1. The van der Waals surface area contributed by atoms with Crippen LogP contribution in [0.15, 0.2) is 0 Å². The largest absolute Gasteiger partial charge is 0.469 e. The molecule has 4 fully saturated rings. The monoisotopic (exact) mass is 416 g/mol. The highest BCUT2D eigenvalue weighted by Gasteiger charge is 2.64. The zero-order chi connectivity index (χ0) is 21.8. The highest BCUT2D eigenvalue weighted by molar-refractivity contribution is 5.69. The van der Waals surface area contributed by atoms with Crippen LogP contribution in [0.4, 0.5) is 0 Å². The fraction of sp³-hybridized carbons (Fsp3) is 0.964. The van der Waals surface area contributed by atoms with Crippen LogP contribution in [0.25, 0.3) is 0 Å². The summed E-state index contributed by atoms with van der Waals surface area (Å²) in [6.07, 6.45) is 11.7. The molecule has 0 saturated heterocycles. The van der Waals surface area contributed by atoms with Crippen molar-refractivity contribution in [3.8, 4) is 0 Å². The van der Waals surface area contributed by atoms with Crippen molar-refractivity contribution in [3.05, 3.63) is 0 Å². The lowest BCUT2D eigenvalue weighted by Crippen LogP contribution is -2.58. The Bertz CT molecular complexity index is 643. The Morgan fingerprint density at radius 2 is 1.77 bits per heavy atom. The summed E-state index contributed by atoms with van der Waals surface area (Å²) in [5.74, 6) is 7.71. The molecule has 0 N–H and O–H groups in total. The van der Waals surface area contributed by atoms with Gasteiger partial charge in [0, 0.05) is 6.42 Å². The Morgan fingerprint density at radius 3 is 2.47 bits per heavy atom. The van der Waals surface area contributed by atoms with Crippen LogP contribution in [0.3, 0.4) is 0 Å². The molecule has 11 atom stereocenters. The van der Waals surface area contributed by atoms with Crippen molar-refractivity contribution >= 4 is 5.97 Å². The van der Waals surface area contributed by atoms with E-state index in [1.807, 2.05) is 0 Å². The fourth-order valence-electron chi connectivity index (χ4n) is 9.81. The number of ether oxygens (including phenoxy) is 1. The summed E-state index contributed by atoms with van der Waals surface area (Å²) < 4.78 is 4.93. The molecule has 30 heavy (non-hydrogen) atoms. The first kappa shape index (κ1) is 22.7. The van der Waals surface area contributed by atoms with Crippen molar-refractivity contribution in [1.82, 2.24) is 0 Å². The van der Waals surface area contributed by atoms with Crippen molar-refractivity contribution in [2.24, 2.45) is 64.1 Å². The maximum atomic E-state index is 11.8. The number of esters is 1. The second-order valence-electron chi connectivity index (χ2n) is 12.9. The zero-order valence-electron chi connectivity index (χ0n) is 20.9. The number of hydrogen-bond acceptors (Lipinski definition) is 2. The van der Waals surface area contributed by atoms with E-state index in [-0.39, 0.29) is 5.97 Å². The molecule has 0 aromatic heterocycles. The second-order valence-corrected chi connectivity index (χ2v) is 12.9. The summed E-state index contributed by atoms with van der Waals surface area (Å²) >= 11 is 0. The van der Waals surface area contributed by atoms with Gasteiger partial charge in [0.25, 0.3) is 0 Å². The highest BCUT2D eigenvalue weighted by atomic mass is 16.5. The van der Waals surface area contributed by atoms with Gasteiger partial charge in [-0.25, -0.2) is 0 Å². The predicted octanol–water partition coefficient (Wildman–Crippen LogP) is 7.36. The van der Waals surface area contributed by atoms with E-state index < -0.39 is 0 Å². The molecular formula is C28H48O2. The van der Waals surface area contributed by atoms with E-state index in [0.29, 0.717) is 23.2 Å². The first-order valence-corrected chi connectivity index (χ1v) is 13.2. The molecule has 0 radical (unpaired) electrons. The van der Waals surface area contributed by atoms with E-state index >= 15 is 0 Å². The molecule has 172 valence electrons. The first-order valence-electron chi connectivity index (χ1n) is 13.2. The van der Waals surface area contributed by atoms with E-state index in [1.54, 1.807) is 0 Å². The summed E-state index contributed by atoms with van der Waals surface area (Å²) in [4.78, 5) is 11.8. The summed E-state index contributed by atoms with van der Waals surface area (Å²) in [7, 11) is 1.52. The van der Waals surface area contributed by atoms with Crippen molar-refractivity contribution in [2.75, 3.05) is 7.11 Å². The van der Waals surface area contributed by atoms with E-state index in [2.05, 4.69) is 41.5 Å². The molecule has 2 nitrogen and oxygen atoms in total. The number of carbonyl (C=O) groups is 1. The van der Waals surface area contributed by atoms with E-state index in [0.717, 1.165) is 53.8 Å². The average Bonchev–Trinajstić information content (AvgIpc) is 3.06. The second kappa shape index (κ2) is 8.11. The number of hydrogen-bond donors (Lipinski definition) is 0. The molecule has 0 aromatic rings. The highest BCUT2D eigenvalue weighted by Crippen LogP contribution is 2.71. The van der Waals surface area contributed by atoms with Crippen LogP contribution in [0, 0.1) is 64.1 Å². The van der Waals surface area contributed by atoms with Gasteiger partial charge >= 0.3 is 5.97 Å². The summed E-state index contributed by atoms with van der Waals surface area (Å²) in [5, 5.41) is 0. The van der Waals surface area contributed by atoms with Gasteiger partial charge in [0.05, 0.1) is 7.11 Å². The van der Waals surface area contributed by atoms with E-state index in [4.69, 9.17) is 4.74 Å². The standard InChI is InChI=1S/C28H48O2/c1-17-12-13-27(5)21(14-17)15-19(3)26-23-10-9-22(18(2)8-11-25(29)30-7)28(23,6)20(4)16-24(26)27/h17-24,26H,8-16H2,1-7H3/t17-,18?,19?,20+,21?,22?,23?,24?,26?,27+,28-/m1/s1. The van der Waals surface area contributed by atoms with Gasteiger partial charge in [-0.2, -0.15) is 0 Å². The quantitative estimate of drug-likeness (QED) is 0.447. The third-order valence-corrected chi connectivity index (χ3v) is 11.7. The van der Waals surface area contributed by atoms with Gasteiger partial charge in [-0.05, 0) is 109 Å². The van der Waals surface area contributed by atoms with Gasteiger partial charge in [-0.1, -0.05) is 48.0 Å². The Kier molecular flexibility index (Phi) is 6.12. The summed E-state index contributed by atoms with van der Waals surface area (Å²) in [6.45, 7) is 15.5. The molecule has 4 aliphatic carbocycles. The Morgan fingerprint density at radius 1 is 1.03 bits per heavy atom. The molecule has 7 unspecified atom stereocenters. The van der Waals surface area contributed by atoms with Crippen molar-refractivity contribution in [1.29, 1.82) is 0 Å². The zero-order valence-corrected chi connectivity index (χ0v) is 20.9. The lowest BCUT2D eigenvalue weighted by Gasteiger charge is -2.65. The average molecular weight is 417 g/mol. The van der Waals surface area contributed by atoms with Crippen LogP contribution in [0.1, 0.15) is 99.3 Å². The molecular weight excluding hydrogens is 368 g/mol. The Hall–Kier alpha value is -0.530. The minimum Gasteiger partial charge on any atom is -0.469 e. The van der Waals surface area contributed by atoms with Crippen LogP contribution >= 0.6 is 0 Å². The van der Waals surface area contributed by atoms with Crippen LogP contribution in [0.5, 0.6) is 0 Å². The molecule has 2 heteroatoms. The molecule has 0 spiro atoms. The molecule has 4 aliphatic rings. The molecule has 4 rings (SSSR count). The van der Waals surface area contributed by atoms with E-state index in [1.165, 1.54) is 52.1 Å². The van der Waals surface area contributed by atoms with Crippen LogP contribution in [-0.4, -0.2) is 13.1 Å². The minimum atomic E-state index is -0.0373. The maximum Gasteiger partial charge on any atom is 0.305 e. The molecule has 0 aromatic carbocycles. The normalized spacial score (nSPS) is 51.4. The molecule has 0 aliphatic heterocycles. The summed E-state index contributed by atoms with van der Waals surface area (Å²) in [6, 6.07) is 0. The van der Waals surface area contributed by atoms with Crippen LogP contribution < -0.4 is 0 Å². The van der Waals surface area contributed by atoms with Crippen molar-refractivity contribution in [2.45, 2.75) is 99.3 Å². The topological polar surface area (TPSA) is 26.3 Å². The third-order valence-electron chi connectivity index (χ3n) is 11.7. The van der Waals surface area contributed by atoms with Crippen molar-refractivity contribution in [3.63, 3.8) is 0 Å². The Balaban J connectivity index is 1.58. The number of fused-ring (bicyclic) bond motifs is 5. The first-order chi connectivity index (χ1) is 14.1.